The van der Waals surface area contributed by atoms with E-state index in [4.69, 9.17) is 9.26 Å². The maximum Gasteiger partial charge on any atom is 0.408 e. The summed E-state index contributed by atoms with van der Waals surface area (Å²) in [6.07, 6.45) is 3.10. The van der Waals surface area contributed by atoms with Crippen LogP contribution >= 0.6 is 0 Å². The molecule has 4 rings (SSSR count). The first kappa shape index (κ1) is 24.9. The average molecular weight is 477 g/mol. The Balaban J connectivity index is 1.28. The first-order chi connectivity index (χ1) is 16.9. The Morgan fingerprint density at radius 1 is 1.09 bits per heavy atom. The molecule has 35 heavy (non-hydrogen) atoms. The van der Waals surface area contributed by atoms with Gasteiger partial charge in [0.05, 0.1) is 6.04 Å². The second-order valence-corrected chi connectivity index (χ2v) is 10.2. The van der Waals surface area contributed by atoms with Gasteiger partial charge in [-0.25, -0.2) is 4.79 Å². The van der Waals surface area contributed by atoms with Crippen molar-refractivity contribution >= 4 is 6.09 Å². The van der Waals surface area contributed by atoms with Gasteiger partial charge < -0.3 is 19.5 Å². The highest BCUT2D eigenvalue weighted by molar-refractivity contribution is 5.68. The van der Waals surface area contributed by atoms with Gasteiger partial charge in [0, 0.05) is 18.9 Å². The number of carbonyl (C=O) groups is 1. The van der Waals surface area contributed by atoms with Crippen molar-refractivity contribution in [2.75, 3.05) is 19.6 Å². The van der Waals surface area contributed by atoms with Crippen molar-refractivity contribution in [1.82, 2.24) is 20.4 Å². The molecule has 1 atom stereocenters. The predicted molar refractivity (Wildman–Crippen MR) is 135 cm³/mol. The van der Waals surface area contributed by atoms with Crippen molar-refractivity contribution in [2.24, 2.45) is 0 Å². The molecule has 7 nitrogen and oxygen atoms in total. The molecule has 2 aromatic carbocycles. The van der Waals surface area contributed by atoms with Gasteiger partial charge >= 0.3 is 6.09 Å². The number of amides is 1. The summed E-state index contributed by atoms with van der Waals surface area (Å²) in [6, 6.07) is 20.2. The lowest BCUT2D eigenvalue weighted by atomic mass is 9.96. The Morgan fingerprint density at radius 3 is 2.40 bits per heavy atom. The number of aromatic nitrogens is 2. The van der Waals surface area contributed by atoms with E-state index in [0.717, 1.165) is 56.2 Å². The summed E-state index contributed by atoms with van der Waals surface area (Å²) in [4.78, 5) is 19.6. The third kappa shape index (κ3) is 7.65. The maximum atomic E-state index is 12.4. The van der Waals surface area contributed by atoms with Crippen LogP contribution in [0.2, 0.25) is 0 Å². The van der Waals surface area contributed by atoms with Gasteiger partial charge in [0.2, 0.25) is 5.89 Å². The molecule has 1 saturated heterocycles. The van der Waals surface area contributed by atoms with E-state index in [-0.39, 0.29) is 12.1 Å². The van der Waals surface area contributed by atoms with Crippen molar-refractivity contribution in [3.8, 4) is 0 Å². The molecule has 1 aliphatic heterocycles. The van der Waals surface area contributed by atoms with Crippen LogP contribution in [0.1, 0.15) is 74.8 Å². The Hall–Kier alpha value is -3.19. The summed E-state index contributed by atoms with van der Waals surface area (Å²) in [7, 11) is 0. The molecule has 3 aromatic rings. The first-order valence-electron chi connectivity index (χ1n) is 12.5. The molecule has 0 radical (unpaired) electrons. The minimum Gasteiger partial charge on any atom is -0.444 e. The molecule has 0 bridgehead atoms. The number of hydrogen-bond donors (Lipinski definition) is 1. The topological polar surface area (TPSA) is 80.5 Å². The molecule has 0 spiro atoms. The lowest BCUT2D eigenvalue weighted by Gasteiger charge is -2.32. The largest absolute Gasteiger partial charge is 0.444 e. The predicted octanol–water partition coefficient (Wildman–Crippen LogP) is 5.50. The minimum atomic E-state index is -0.525. The van der Waals surface area contributed by atoms with Crippen molar-refractivity contribution in [3.05, 3.63) is 83.5 Å². The highest BCUT2D eigenvalue weighted by atomic mass is 16.6. The van der Waals surface area contributed by atoms with E-state index in [1.807, 2.05) is 57.2 Å². The maximum absolute atomic E-state index is 12.4. The molecule has 0 aliphatic carbocycles. The molecule has 0 saturated carbocycles. The average Bonchev–Trinajstić information content (AvgIpc) is 3.30. The molecular weight excluding hydrogens is 440 g/mol. The zero-order valence-corrected chi connectivity index (χ0v) is 20.9. The van der Waals surface area contributed by atoms with Crippen LogP contribution in [0, 0.1) is 0 Å². The molecule has 1 aliphatic rings. The summed E-state index contributed by atoms with van der Waals surface area (Å²) in [5, 5.41) is 7.27. The quantitative estimate of drug-likeness (QED) is 0.463. The van der Waals surface area contributed by atoms with Crippen LogP contribution < -0.4 is 5.32 Å². The number of carbonyl (C=O) groups excluding carboxylic acids is 1. The molecule has 1 N–H and O–H groups in total. The van der Waals surface area contributed by atoms with E-state index in [0.29, 0.717) is 12.3 Å². The highest BCUT2D eigenvalue weighted by Gasteiger charge is 2.26. The van der Waals surface area contributed by atoms with Crippen molar-refractivity contribution < 1.29 is 14.1 Å². The van der Waals surface area contributed by atoms with Gasteiger partial charge in [-0.2, -0.15) is 4.98 Å². The van der Waals surface area contributed by atoms with E-state index < -0.39 is 5.60 Å². The Morgan fingerprint density at radius 2 is 1.74 bits per heavy atom. The van der Waals surface area contributed by atoms with Gasteiger partial charge in [0.1, 0.15) is 5.60 Å². The molecule has 7 heteroatoms. The van der Waals surface area contributed by atoms with E-state index in [1.165, 1.54) is 5.56 Å². The molecule has 1 amide bonds. The number of rotatable bonds is 8. The Kier molecular flexibility index (Phi) is 8.18. The van der Waals surface area contributed by atoms with Gasteiger partial charge in [-0.05, 0) is 64.3 Å². The van der Waals surface area contributed by atoms with Gasteiger partial charge in [-0.15, -0.1) is 0 Å². The van der Waals surface area contributed by atoms with E-state index in [1.54, 1.807) is 0 Å². The summed E-state index contributed by atoms with van der Waals surface area (Å²) in [5.74, 6) is 1.80. The molecular formula is C28H36N4O3. The lowest BCUT2D eigenvalue weighted by Crippen LogP contribution is -2.38. The van der Waals surface area contributed by atoms with Crippen LogP contribution in [0.15, 0.2) is 65.2 Å². The number of nitrogens with zero attached hydrogens (tertiary/aromatic N) is 3. The van der Waals surface area contributed by atoms with E-state index in [9.17, 15) is 4.79 Å². The number of ether oxygens (including phenoxy) is 1. The van der Waals surface area contributed by atoms with Crippen molar-refractivity contribution in [3.63, 3.8) is 0 Å². The van der Waals surface area contributed by atoms with Crippen LogP contribution in [0.5, 0.6) is 0 Å². The summed E-state index contributed by atoms with van der Waals surface area (Å²) in [5.41, 5.74) is 1.75. The normalized spacial score (nSPS) is 16.1. The molecule has 0 unspecified atom stereocenters. The summed E-state index contributed by atoms with van der Waals surface area (Å²) >= 11 is 0. The van der Waals surface area contributed by atoms with Crippen LogP contribution in [-0.2, 0) is 11.2 Å². The zero-order chi connectivity index (χ0) is 24.7. The van der Waals surface area contributed by atoms with Gasteiger partial charge in [-0.3, -0.25) is 0 Å². The lowest BCUT2D eigenvalue weighted by molar-refractivity contribution is 0.0496. The van der Waals surface area contributed by atoms with Gasteiger partial charge in [0.25, 0.3) is 0 Å². The van der Waals surface area contributed by atoms with Crippen molar-refractivity contribution in [2.45, 2.75) is 64.0 Å². The third-order valence-corrected chi connectivity index (χ3v) is 6.25. The minimum absolute atomic E-state index is 0.0970. The smallest absolute Gasteiger partial charge is 0.408 e. The number of nitrogens with one attached hydrogen (secondary N) is 1. The van der Waals surface area contributed by atoms with E-state index in [2.05, 4.69) is 44.6 Å². The van der Waals surface area contributed by atoms with Crippen LogP contribution in [0.3, 0.4) is 0 Å². The Labute approximate surface area is 207 Å². The molecule has 1 fully saturated rings. The molecule has 1 aromatic heterocycles. The number of alkyl carbamates (subject to hydrolysis) is 1. The van der Waals surface area contributed by atoms with Crippen LogP contribution in [-0.4, -0.2) is 46.4 Å². The fourth-order valence-corrected chi connectivity index (χ4v) is 4.46. The number of hydrogen-bond acceptors (Lipinski definition) is 6. The Bertz CT molecular complexity index is 1050. The monoisotopic (exact) mass is 476 g/mol. The zero-order valence-electron chi connectivity index (χ0n) is 20.9. The summed E-state index contributed by atoms with van der Waals surface area (Å²) < 4.78 is 11.1. The summed E-state index contributed by atoms with van der Waals surface area (Å²) in [6.45, 7) is 8.46. The fraction of sp³-hybridized carbons (Fsp3) is 0.464. The SMILES string of the molecule is CC(C)(C)OC(=O)N[C@@H](CCN1CCC(c2nc(Cc3ccccc3)no2)CC1)c1ccccc1. The van der Waals surface area contributed by atoms with Gasteiger partial charge in [0.15, 0.2) is 5.82 Å². The first-order valence-corrected chi connectivity index (χ1v) is 12.5. The van der Waals surface area contributed by atoms with Gasteiger partial charge in [-0.1, -0.05) is 65.8 Å². The van der Waals surface area contributed by atoms with Crippen LogP contribution in [0.4, 0.5) is 4.79 Å². The van der Waals surface area contributed by atoms with E-state index >= 15 is 0 Å². The second kappa shape index (κ2) is 11.5. The number of piperidine rings is 1. The molecule has 186 valence electrons. The fourth-order valence-electron chi connectivity index (χ4n) is 4.46. The number of benzene rings is 2. The highest BCUT2D eigenvalue weighted by Crippen LogP contribution is 2.28. The van der Waals surface area contributed by atoms with Crippen molar-refractivity contribution in [1.29, 1.82) is 0 Å². The second-order valence-electron chi connectivity index (χ2n) is 10.2. The molecule has 2 heterocycles. The third-order valence-electron chi connectivity index (χ3n) is 6.25. The standard InChI is InChI=1S/C28H36N4O3/c1-28(2,3)34-27(33)29-24(22-12-8-5-9-13-22)16-19-32-17-14-23(15-18-32)26-30-25(31-35-26)20-21-10-6-4-7-11-21/h4-13,23-24H,14-20H2,1-3H3,(H,29,33)/t24-/m0/s1. The van der Waals surface area contributed by atoms with Crippen LogP contribution in [0.25, 0.3) is 0 Å². The number of likely N-dealkylation sites (tertiary alicyclic amines) is 1.